The first kappa shape index (κ1) is 14.0. The Bertz CT molecular complexity index is 461. The first-order chi connectivity index (χ1) is 8.52. The van der Waals surface area contributed by atoms with Gasteiger partial charge in [0.05, 0.1) is 5.56 Å². The lowest BCUT2D eigenvalue weighted by Gasteiger charge is -2.11. The van der Waals surface area contributed by atoms with E-state index in [1.807, 2.05) is 13.8 Å². The number of rotatable bonds is 7. The number of carbonyl (C=O) groups excluding carboxylic acids is 1. The van der Waals surface area contributed by atoms with Crippen LogP contribution in [0.3, 0.4) is 0 Å². The van der Waals surface area contributed by atoms with Crippen LogP contribution in [0.1, 0.15) is 24.2 Å². The fourth-order valence-electron chi connectivity index (χ4n) is 1.25. The molecule has 3 nitrogen and oxygen atoms in total. The average molecular weight is 246 g/mol. The maximum Gasteiger partial charge on any atom is 0.153 e. The van der Waals surface area contributed by atoms with Gasteiger partial charge >= 0.3 is 0 Å². The predicted molar refractivity (Wildman–Crippen MR) is 72.4 cm³/mol. The van der Waals surface area contributed by atoms with Crippen LogP contribution in [0.4, 0.5) is 0 Å². The first-order valence-corrected chi connectivity index (χ1v) is 5.66. The summed E-state index contributed by atoms with van der Waals surface area (Å²) in [6, 6.07) is 5.15. The zero-order valence-corrected chi connectivity index (χ0v) is 10.9. The number of aldehydes is 1. The molecule has 0 aliphatic carbocycles. The highest BCUT2D eigenvalue weighted by molar-refractivity contribution is 5.80. The van der Waals surface area contributed by atoms with Crippen LogP contribution >= 0.6 is 0 Å². The molecule has 18 heavy (non-hydrogen) atoms. The molecule has 0 saturated heterocycles. The zero-order valence-electron chi connectivity index (χ0n) is 10.9. The molecular weight excluding hydrogens is 228 g/mol. The fraction of sp³-hybridized carbons (Fsp3) is 0.267. The molecule has 0 heterocycles. The van der Waals surface area contributed by atoms with Crippen molar-refractivity contribution in [3.8, 4) is 11.5 Å². The van der Waals surface area contributed by atoms with Gasteiger partial charge in [0.2, 0.25) is 0 Å². The van der Waals surface area contributed by atoms with Gasteiger partial charge in [0, 0.05) is 0 Å². The molecule has 0 N–H and O–H groups in total. The Labute approximate surface area is 108 Å². The van der Waals surface area contributed by atoms with E-state index in [0.717, 1.165) is 17.4 Å². The van der Waals surface area contributed by atoms with Crippen LogP contribution < -0.4 is 9.47 Å². The Morgan fingerprint density at radius 3 is 2.33 bits per heavy atom. The maximum absolute atomic E-state index is 11.0. The molecule has 0 unspecified atom stereocenters. The van der Waals surface area contributed by atoms with Gasteiger partial charge in [-0.3, -0.25) is 4.79 Å². The van der Waals surface area contributed by atoms with E-state index < -0.39 is 0 Å². The van der Waals surface area contributed by atoms with Gasteiger partial charge in [-0.05, 0) is 43.2 Å². The lowest BCUT2D eigenvalue weighted by atomic mass is 10.2. The fourth-order valence-corrected chi connectivity index (χ4v) is 1.25. The van der Waals surface area contributed by atoms with Crippen molar-refractivity contribution in [2.75, 3.05) is 13.2 Å². The molecule has 0 bridgehead atoms. The molecule has 3 heteroatoms. The van der Waals surface area contributed by atoms with Gasteiger partial charge in [0.15, 0.2) is 6.29 Å². The van der Waals surface area contributed by atoms with E-state index in [-0.39, 0.29) is 0 Å². The smallest absolute Gasteiger partial charge is 0.153 e. The Hall–Kier alpha value is -2.03. The third-order valence-corrected chi connectivity index (χ3v) is 2.07. The van der Waals surface area contributed by atoms with Crippen LogP contribution in [0, 0.1) is 0 Å². The van der Waals surface area contributed by atoms with Crippen molar-refractivity contribution in [1.82, 2.24) is 0 Å². The van der Waals surface area contributed by atoms with Crippen molar-refractivity contribution >= 4 is 6.29 Å². The van der Waals surface area contributed by atoms with Crippen LogP contribution in [0.25, 0.3) is 0 Å². The molecule has 0 amide bonds. The highest BCUT2D eigenvalue weighted by atomic mass is 16.5. The second-order valence-electron chi connectivity index (χ2n) is 4.31. The Morgan fingerprint density at radius 2 is 1.78 bits per heavy atom. The summed E-state index contributed by atoms with van der Waals surface area (Å²) in [7, 11) is 0. The molecule has 0 aromatic heterocycles. The highest BCUT2D eigenvalue weighted by Gasteiger charge is 2.05. The summed E-state index contributed by atoms with van der Waals surface area (Å²) in [6.45, 7) is 12.1. The molecule has 0 aliphatic heterocycles. The third kappa shape index (κ3) is 4.45. The summed E-state index contributed by atoms with van der Waals surface area (Å²) < 4.78 is 10.9. The molecule has 1 aromatic carbocycles. The van der Waals surface area contributed by atoms with E-state index in [1.54, 1.807) is 18.2 Å². The summed E-state index contributed by atoms with van der Waals surface area (Å²) in [5.41, 5.74) is 2.29. The Balaban J connectivity index is 2.79. The quantitative estimate of drug-likeness (QED) is 0.546. The van der Waals surface area contributed by atoms with E-state index >= 15 is 0 Å². The second kappa shape index (κ2) is 6.64. The number of hydrogen-bond acceptors (Lipinski definition) is 3. The second-order valence-corrected chi connectivity index (χ2v) is 4.31. The van der Waals surface area contributed by atoms with Gasteiger partial charge in [-0.1, -0.05) is 13.2 Å². The molecule has 0 saturated carbocycles. The molecular formula is C15H18O3. The van der Waals surface area contributed by atoms with Gasteiger partial charge in [0.25, 0.3) is 0 Å². The van der Waals surface area contributed by atoms with Crippen molar-refractivity contribution in [3.05, 3.63) is 48.1 Å². The Morgan fingerprint density at radius 1 is 1.17 bits per heavy atom. The Kier molecular flexibility index (Phi) is 5.18. The van der Waals surface area contributed by atoms with Gasteiger partial charge < -0.3 is 9.47 Å². The van der Waals surface area contributed by atoms with Gasteiger partial charge in [-0.15, -0.1) is 0 Å². The molecule has 0 spiro atoms. The monoisotopic (exact) mass is 246 g/mol. The summed E-state index contributed by atoms with van der Waals surface area (Å²) in [4.78, 5) is 11.0. The van der Waals surface area contributed by atoms with E-state index in [9.17, 15) is 4.79 Å². The molecule has 96 valence electrons. The van der Waals surface area contributed by atoms with Crippen molar-refractivity contribution in [2.24, 2.45) is 0 Å². The molecule has 0 fully saturated rings. The standard InChI is InChI=1S/C15H18O3/c1-11(2)9-17-14-5-6-15(13(7-14)8-16)18-10-12(3)4/h5-8H,1,3,9-10H2,2,4H3. The lowest BCUT2D eigenvalue weighted by Crippen LogP contribution is -2.02. The maximum atomic E-state index is 11.0. The van der Waals surface area contributed by atoms with Crippen molar-refractivity contribution in [2.45, 2.75) is 13.8 Å². The minimum absolute atomic E-state index is 0.396. The highest BCUT2D eigenvalue weighted by Crippen LogP contribution is 2.23. The van der Waals surface area contributed by atoms with Crippen LogP contribution in [0.5, 0.6) is 11.5 Å². The minimum Gasteiger partial charge on any atom is -0.489 e. The van der Waals surface area contributed by atoms with Crippen LogP contribution in [0.15, 0.2) is 42.5 Å². The summed E-state index contributed by atoms with van der Waals surface area (Å²) in [6.07, 6.45) is 0.751. The van der Waals surface area contributed by atoms with E-state index in [1.165, 1.54) is 0 Å². The topological polar surface area (TPSA) is 35.5 Å². The number of hydrogen-bond donors (Lipinski definition) is 0. The lowest BCUT2D eigenvalue weighted by molar-refractivity contribution is 0.111. The third-order valence-electron chi connectivity index (χ3n) is 2.07. The van der Waals surface area contributed by atoms with Gasteiger partial charge in [-0.25, -0.2) is 0 Å². The van der Waals surface area contributed by atoms with E-state index in [0.29, 0.717) is 30.3 Å². The summed E-state index contributed by atoms with van der Waals surface area (Å²) in [5.74, 6) is 1.17. The minimum atomic E-state index is 0.396. The molecule has 0 aliphatic rings. The average Bonchev–Trinajstić information content (AvgIpc) is 2.34. The molecule has 0 atom stereocenters. The molecule has 0 radical (unpaired) electrons. The SMILES string of the molecule is C=C(C)COc1ccc(OCC(=C)C)c(C=O)c1. The van der Waals surface area contributed by atoms with E-state index in [4.69, 9.17) is 9.47 Å². The number of benzene rings is 1. The first-order valence-electron chi connectivity index (χ1n) is 5.66. The number of ether oxygens (including phenoxy) is 2. The van der Waals surface area contributed by atoms with Crippen molar-refractivity contribution < 1.29 is 14.3 Å². The van der Waals surface area contributed by atoms with Gasteiger partial charge in [-0.2, -0.15) is 0 Å². The summed E-state index contributed by atoms with van der Waals surface area (Å²) >= 11 is 0. The van der Waals surface area contributed by atoms with E-state index in [2.05, 4.69) is 13.2 Å². The molecule has 1 rings (SSSR count). The normalized spacial score (nSPS) is 9.67. The van der Waals surface area contributed by atoms with Crippen LogP contribution in [-0.2, 0) is 0 Å². The number of carbonyl (C=O) groups is 1. The van der Waals surface area contributed by atoms with Crippen LogP contribution in [0.2, 0.25) is 0 Å². The largest absolute Gasteiger partial charge is 0.489 e. The summed E-state index contributed by atoms with van der Waals surface area (Å²) in [5, 5.41) is 0. The zero-order chi connectivity index (χ0) is 13.5. The van der Waals surface area contributed by atoms with Crippen molar-refractivity contribution in [3.63, 3.8) is 0 Å². The van der Waals surface area contributed by atoms with Crippen LogP contribution in [-0.4, -0.2) is 19.5 Å². The predicted octanol–water partition coefficient (Wildman–Crippen LogP) is 3.41. The van der Waals surface area contributed by atoms with Crippen molar-refractivity contribution in [1.29, 1.82) is 0 Å². The van der Waals surface area contributed by atoms with Gasteiger partial charge in [0.1, 0.15) is 24.7 Å². The molecule has 1 aromatic rings.